The van der Waals surface area contributed by atoms with E-state index in [2.05, 4.69) is 0 Å². The first-order valence-corrected chi connectivity index (χ1v) is 13.8. The van der Waals surface area contributed by atoms with Crippen LogP contribution >= 0.6 is 0 Å². The molecule has 0 heterocycles. The zero-order valence-electron chi connectivity index (χ0n) is 24.6. The number of aliphatic hydroxyl groups is 3. The van der Waals surface area contributed by atoms with Crippen LogP contribution in [0.2, 0.25) is 0 Å². The Morgan fingerprint density at radius 1 is 1.12 bits per heavy atom. The molecule has 3 aliphatic rings. The average molecular weight is 611 g/mol. The molecule has 0 unspecified atom stereocenters. The predicted molar refractivity (Wildman–Crippen MR) is 150 cm³/mol. The van der Waals surface area contributed by atoms with E-state index in [1.54, 1.807) is 37.0 Å². The Hall–Kier alpha value is -3.62. The average Bonchev–Trinajstić information content (AvgIpc) is 2.86. The minimum Gasteiger partial charge on any atom is -0.508 e. The summed E-state index contributed by atoms with van der Waals surface area (Å²) in [6.45, 7) is 0.108. The maximum Gasteiger partial charge on any atom is 0.389 e. The molecule has 0 radical (unpaired) electrons. The molecule has 4 rings (SSSR count). The lowest BCUT2D eigenvalue weighted by molar-refractivity contribution is -0.153. The van der Waals surface area contributed by atoms with Crippen LogP contribution < -0.4 is 10.6 Å². The van der Waals surface area contributed by atoms with Gasteiger partial charge in [-0.3, -0.25) is 19.3 Å². The number of anilines is 1. The molecule has 3 aliphatic carbocycles. The van der Waals surface area contributed by atoms with Gasteiger partial charge in [0.15, 0.2) is 11.4 Å². The summed E-state index contributed by atoms with van der Waals surface area (Å²) in [6.07, 6.45) is -5.33. The number of alkyl halides is 3. The Morgan fingerprint density at radius 3 is 2.28 bits per heavy atom. The largest absolute Gasteiger partial charge is 0.508 e. The van der Waals surface area contributed by atoms with Gasteiger partial charge >= 0.3 is 6.18 Å². The molecule has 0 aromatic heterocycles. The Bertz CT molecular complexity index is 1440. The summed E-state index contributed by atoms with van der Waals surface area (Å²) in [5, 5.41) is 45.6. The van der Waals surface area contributed by atoms with Gasteiger partial charge in [0.05, 0.1) is 11.6 Å². The van der Waals surface area contributed by atoms with E-state index in [1.807, 2.05) is 0 Å². The molecule has 1 fully saturated rings. The van der Waals surface area contributed by atoms with Crippen LogP contribution in [0, 0.1) is 11.8 Å². The third-order valence-electron chi connectivity index (χ3n) is 8.70. The number of hydrogen-bond donors (Lipinski definition) is 5. The van der Waals surface area contributed by atoms with Gasteiger partial charge in [-0.25, -0.2) is 0 Å². The summed E-state index contributed by atoms with van der Waals surface area (Å²) >= 11 is 0. The minimum absolute atomic E-state index is 0.0297. The number of nitrogens with zero attached hydrogens (tertiary/aromatic N) is 3. The number of phenolic OH excluding ortho intramolecular Hbond substituents is 1. The van der Waals surface area contributed by atoms with Gasteiger partial charge in [-0.15, -0.1) is 0 Å². The van der Waals surface area contributed by atoms with Crippen LogP contribution in [0.1, 0.15) is 36.0 Å². The van der Waals surface area contributed by atoms with Crippen molar-refractivity contribution in [3.63, 3.8) is 0 Å². The maximum absolute atomic E-state index is 14.0. The third kappa shape index (κ3) is 5.36. The minimum atomic E-state index is -4.29. The summed E-state index contributed by atoms with van der Waals surface area (Å²) in [6, 6.07) is 0.489. The number of carbonyl (C=O) groups excluding carboxylic acids is 3. The molecule has 11 nitrogen and oxygen atoms in total. The molecule has 236 valence electrons. The highest BCUT2D eigenvalue weighted by Crippen LogP contribution is 2.54. The second-order valence-corrected chi connectivity index (χ2v) is 12.1. The third-order valence-corrected chi connectivity index (χ3v) is 8.70. The van der Waals surface area contributed by atoms with Crippen molar-refractivity contribution in [3.8, 4) is 5.75 Å². The smallest absolute Gasteiger partial charge is 0.389 e. The highest BCUT2D eigenvalue weighted by atomic mass is 19.4. The molecule has 1 saturated carbocycles. The topological polar surface area (TPSA) is 168 Å². The number of ketones is 2. The van der Waals surface area contributed by atoms with E-state index in [-0.39, 0.29) is 54.8 Å². The lowest BCUT2D eigenvalue weighted by atomic mass is 9.57. The number of phenols is 1. The number of fused-ring (bicyclic) bond motifs is 3. The fourth-order valence-corrected chi connectivity index (χ4v) is 6.78. The van der Waals surface area contributed by atoms with Crippen molar-refractivity contribution >= 4 is 28.9 Å². The van der Waals surface area contributed by atoms with Crippen LogP contribution in [0.25, 0.3) is 5.76 Å². The van der Waals surface area contributed by atoms with Crippen LogP contribution in [0.3, 0.4) is 0 Å². The van der Waals surface area contributed by atoms with Crippen molar-refractivity contribution in [3.05, 3.63) is 39.7 Å². The Labute approximate surface area is 246 Å². The van der Waals surface area contributed by atoms with E-state index in [0.717, 1.165) is 0 Å². The SMILES string of the molecule is CN(CCCC(F)(F)F)Cc1cc(N(C)C)c2c(c1O)C(O)=C1C(=O)[C@]3(O)C(O)=C(C(N)=O)C(=O)[C@@H](N(C)C)[C@@H]3C[C@@H]1C2. The van der Waals surface area contributed by atoms with Crippen molar-refractivity contribution in [2.75, 3.05) is 46.7 Å². The van der Waals surface area contributed by atoms with Crippen LogP contribution in [0.15, 0.2) is 23.0 Å². The van der Waals surface area contributed by atoms with Crippen LogP contribution in [0.5, 0.6) is 5.75 Å². The number of aliphatic hydroxyl groups excluding tert-OH is 2. The van der Waals surface area contributed by atoms with Gasteiger partial charge in [-0.05, 0) is 64.5 Å². The van der Waals surface area contributed by atoms with Crippen LogP contribution in [0.4, 0.5) is 18.9 Å². The number of halogens is 3. The van der Waals surface area contributed by atoms with Gasteiger partial charge in [0.25, 0.3) is 5.91 Å². The normalized spacial score (nSPS) is 25.7. The maximum atomic E-state index is 14.0. The number of carbonyl (C=O) groups is 3. The van der Waals surface area contributed by atoms with Crippen LogP contribution in [-0.4, -0.2) is 107 Å². The number of Topliss-reactive ketones (excluding diaryl/α,β-unsaturated/α-hetero) is 2. The summed E-state index contributed by atoms with van der Waals surface area (Å²) in [4.78, 5) is 44.2. The first-order chi connectivity index (χ1) is 19.8. The van der Waals surface area contributed by atoms with Gasteiger partial charge in [0.1, 0.15) is 22.8 Å². The van der Waals surface area contributed by atoms with Crippen molar-refractivity contribution < 1.29 is 48.0 Å². The number of benzene rings is 1. The monoisotopic (exact) mass is 610 g/mol. The van der Waals surface area contributed by atoms with E-state index in [1.165, 1.54) is 19.0 Å². The lowest BCUT2D eigenvalue weighted by Crippen LogP contribution is -2.65. The van der Waals surface area contributed by atoms with Gasteiger partial charge in [-0.1, -0.05) is 0 Å². The molecular weight excluding hydrogens is 573 g/mol. The molecule has 14 heteroatoms. The lowest BCUT2D eigenvalue weighted by Gasteiger charge is -2.50. The zero-order valence-corrected chi connectivity index (χ0v) is 24.6. The van der Waals surface area contributed by atoms with E-state index in [9.17, 15) is 48.0 Å². The van der Waals surface area contributed by atoms with Gasteiger partial charge in [0.2, 0.25) is 5.78 Å². The number of likely N-dealkylation sites (N-methyl/N-ethyl adjacent to an activating group) is 1. The second-order valence-electron chi connectivity index (χ2n) is 12.1. The zero-order chi connectivity index (χ0) is 32.3. The first kappa shape index (κ1) is 32.3. The number of rotatable bonds is 8. The fourth-order valence-electron chi connectivity index (χ4n) is 6.78. The molecule has 1 aromatic carbocycles. The number of amides is 1. The number of primary amides is 1. The van der Waals surface area contributed by atoms with E-state index in [4.69, 9.17) is 5.73 Å². The van der Waals surface area contributed by atoms with E-state index < -0.39 is 70.6 Å². The summed E-state index contributed by atoms with van der Waals surface area (Å²) in [5.74, 6) is -7.36. The van der Waals surface area contributed by atoms with Crippen molar-refractivity contribution in [1.82, 2.24) is 9.80 Å². The summed E-state index contributed by atoms with van der Waals surface area (Å²) in [7, 11) is 8.12. The van der Waals surface area contributed by atoms with Gasteiger partial charge < -0.3 is 36.0 Å². The van der Waals surface area contributed by atoms with Crippen molar-refractivity contribution in [2.45, 2.75) is 50.0 Å². The predicted octanol–water partition coefficient (Wildman–Crippen LogP) is 1.80. The second kappa shape index (κ2) is 11.1. The number of aromatic hydroxyl groups is 1. The molecule has 0 spiro atoms. The molecule has 4 atom stereocenters. The fraction of sp³-hybridized carbons (Fsp3) is 0.552. The van der Waals surface area contributed by atoms with Crippen LogP contribution in [-0.2, 0) is 27.3 Å². The van der Waals surface area contributed by atoms with E-state index >= 15 is 0 Å². The summed E-state index contributed by atoms with van der Waals surface area (Å²) < 4.78 is 37.9. The molecule has 0 saturated heterocycles. The number of nitrogens with two attached hydrogens (primary N) is 1. The molecule has 0 bridgehead atoms. The Balaban J connectivity index is 1.84. The molecule has 6 N–H and O–H groups in total. The molecule has 1 aromatic rings. The highest BCUT2D eigenvalue weighted by molar-refractivity contribution is 6.24. The molecular formula is C29H37F3N4O7. The molecule has 1 amide bonds. The van der Waals surface area contributed by atoms with Gasteiger partial charge in [-0.2, -0.15) is 13.2 Å². The Morgan fingerprint density at radius 2 is 1.74 bits per heavy atom. The quantitative estimate of drug-likeness (QED) is 0.274. The molecule has 43 heavy (non-hydrogen) atoms. The standard InChI is InChI=1S/C29H37F3N4O7/c1-34(2)17-11-14(12-36(5)8-6-7-28(30,31)32)22(37)19-15(17)9-13-10-16-21(35(3)4)24(39)20(27(33)42)26(41)29(16,43)25(40)18(13)23(19)38/h11,13,16,21,37-38,41,43H,6-10,12H2,1-5H3,(H2,33,42)/t13-,16-,21-,29-/m0/s1. The highest BCUT2D eigenvalue weighted by Gasteiger charge is 2.64. The summed E-state index contributed by atoms with van der Waals surface area (Å²) in [5.41, 5.74) is 2.75. The number of hydrogen-bond acceptors (Lipinski definition) is 10. The van der Waals surface area contributed by atoms with Crippen molar-refractivity contribution in [2.24, 2.45) is 17.6 Å². The Kier molecular flexibility index (Phi) is 8.37. The van der Waals surface area contributed by atoms with E-state index in [0.29, 0.717) is 11.3 Å². The molecule has 0 aliphatic heterocycles. The van der Waals surface area contributed by atoms with Crippen molar-refractivity contribution in [1.29, 1.82) is 0 Å². The van der Waals surface area contributed by atoms with Gasteiger partial charge in [0, 0.05) is 49.8 Å². The first-order valence-electron chi connectivity index (χ1n) is 13.8.